The maximum atomic E-state index is 9.74. The predicted octanol–water partition coefficient (Wildman–Crippen LogP) is 6.19. The van der Waals surface area contributed by atoms with Gasteiger partial charge in [-0.05, 0) is 29.2 Å². The van der Waals surface area contributed by atoms with Crippen LogP contribution in [0.5, 0.6) is 0 Å². The number of nitrogens with one attached hydrogen (secondary N) is 2. The first kappa shape index (κ1) is 23.9. The molecule has 1 atom stereocenters. The molecule has 2 aromatic heterocycles. The SMILES string of the molecule is [2H]C(Nc1cc(Cl)c2ncc(C#N)c(NCC(C)(C)C)c2c1)(c1cn(CC#N)nn1)c1ccccc1Cl. The number of benzene rings is 2. The molecule has 1 unspecified atom stereocenters. The van der Waals surface area contributed by atoms with E-state index in [0.717, 1.165) is 0 Å². The van der Waals surface area contributed by atoms with Crippen LogP contribution in [0.2, 0.25) is 10.0 Å². The molecule has 0 aliphatic rings. The molecule has 0 amide bonds. The van der Waals surface area contributed by atoms with Crippen molar-refractivity contribution in [2.75, 3.05) is 17.2 Å². The highest BCUT2D eigenvalue weighted by molar-refractivity contribution is 6.36. The molecule has 4 rings (SSSR count). The van der Waals surface area contributed by atoms with Gasteiger partial charge in [-0.3, -0.25) is 4.98 Å². The predicted molar refractivity (Wildman–Crippen MR) is 142 cm³/mol. The zero-order chi connectivity index (χ0) is 26.8. The minimum absolute atomic E-state index is 0.0151. The number of rotatable bonds is 7. The lowest BCUT2D eigenvalue weighted by atomic mass is 9.96. The molecule has 0 bridgehead atoms. The molecule has 0 radical (unpaired) electrons. The minimum atomic E-state index is -1.68. The normalized spacial score (nSPS) is 13.4. The van der Waals surface area contributed by atoms with Gasteiger partial charge in [0.05, 0.1) is 41.4 Å². The van der Waals surface area contributed by atoms with E-state index in [4.69, 9.17) is 28.5 Å². The van der Waals surface area contributed by atoms with Crippen molar-refractivity contribution in [3.05, 3.63) is 75.7 Å². The van der Waals surface area contributed by atoms with Crippen LogP contribution >= 0.6 is 23.2 Å². The first-order valence-electron chi connectivity index (χ1n) is 11.6. The smallest absolute Gasteiger partial charge is 0.129 e. The van der Waals surface area contributed by atoms with E-state index >= 15 is 0 Å². The number of fused-ring (bicyclic) bond motifs is 1. The number of hydrogen-bond acceptors (Lipinski definition) is 7. The van der Waals surface area contributed by atoms with Crippen LogP contribution in [0.15, 0.2) is 48.8 Å². The van der Waals surface area contributed by atoms with Gasteiger partial charge in [0.15, 0.2) is 0 Å². The van der Waals surface area contributed by atoms with Gasteiger partial charge in [0, 0.05) is 28.8 Å². The molecule has 0 aliphatic carbocycles. The third-order valence-corrected chi connectivity index (χ3v) is 5.90. The second kappa shape index (κ2) is 10.4. The molecule has 182 valence electrons. The van der Waals surface area contributed by atoms with Gasteiger partial charge < -0.3 is 10.6 Å². The average molecular weight is 520 g/mol. The fraction of sp³-hybridized carbons (Fsp3) is 0.269. The lowest BCUT2D eigenvalue weighted by Crippen LogP contribution is -2.20. The van der Waals surface area contributed by atoms with Gasteiger partial charge in [-0.25, -0.2) is 4.68 Å². The summed E-state index contributed by atoms with van der Waals surface area (Å²) in [5.41, 5.74) is 2.63. The van der Waals surface area contributed by atoms with E-state index < -0.39 is 6.02 Å². The second-order valence-corrected chi connectivity index (χ2v) is 10.2. The summed E-state index contributed by atoms with van der Waals surface area (Å²) in [6, 6.07) is 12.9. The van der Waals surface area contributed by atoms with Crippen LogP contribution in [-0.2, 0) is 6.54 Å². The summed E-state index contributed by atoms with van der Waals surface area (Å²) in [4.78, 5) is 4.40. The van der Waals surface area contributed by atoms with Crippen molar-refractivity contribution in [1.29, 1.82) is 10.5 Å². The molecule has 0 fully saturated rings. The van der Waals surface area contributed by atoms with Crippen molar-refractivity contribution in [3.63, 3.8) is 0 Å². The molecule has 36 heavy (non-hydrogen) atoms. The summed E-state index contributed by atoms with van der Waals surface area (Å²) in [6.07, 6.45) is 3.03. The van der Waals surface area contributed by atoms with Crippen LogP contribution in [0.1, 0.15) is 45.0 Å². The van der Waals surface area contributed by atoms with Crippen molar-refractivity contribution in [1.82, 2.24) is 20.0 Å². The third-order valence-electron chi connectivity index (χ3n) is 5.28. The van der Waals surface area contributed by atoms with Gasteiger partial charge in [0.2, 0.25) is 0 Å². The monoisotopic (exact) mass is 519 g/mol. The summed E-state index contributed by atoms with van der Waals surface area (Å²) < 4.78 is 10.8. The van der Waals surface area contributed by atoms with Crippen molar-refractivity contribution in [2.45, 2.75) is 33.3 Å². The number of aromatic nitrogens is 4. The highest BCUT2D eigenvalue weighted by Gasteiger charge is 2.22. The van der Waals surface area contributed by atoms with Gasteiger partial charge in [0.1, 0.15) is 18.3 Å². The summed E-state index contributed by atoms with van der Waals surface area (Å²) in [5, 5.41) is 34.9. The van der Waals surface area contributed by atoms with Gasteiger partial charge in [0.25, 0.3) is 0 Å². The van der Waals surface area contributed by atoms with E-state index in [1.165, 1.54) is 17.1 Å². The second-order valence-electron chi connectivity index (χ2n) is 9.37. The molecule has 0 saturated heterocycles. The van der Waals surface area contributed by atoms with Crippen molar-refractivity contribution in [2.24, 2.45) is 5.41 Å². The number of hydrogen-bond donors (Lipinski definition) is 2. The van der Waals surface area contributed by atoms with E-state index in [1.54, 1.807) is 36.4 Å². The fourth-order valence-corrected chi connectivity index (χ4v) is 4.10. The summed E-state index contributed by atoms with van der Waals surface area (Å²) >= 11 is 13.2. The van der Waals surface area contributed by atoms with E-state index in [-0.39, 0.29) is 17.7 Å². The highest BCUT2D eigenvalue weighted by Crippen LogP contribution is 2.37. The Bertz CT molecular complexity index is 1550. The molecule has 2 heterocycles. The Labute approximate surface area is 220 Å². The van der Waals surface area contributed by atoms with E-state index in [0.29, 0.717) is 50.0 Å². The number of halogens is 2. The zero-order valence-electron chi connectivity index (χ0n) is 21.0. The molecule has 0 aliphatic heterocycles. The Morgan fingerprint density at radius 1 is 1.17 bits per heavy atom. The van der Waals surface area contributed by atoms with Gasteiger partial charge in [-0.1, -0.05) is 67.4 Å². The topological polar surface area (TPSA) is 115 Å². The molecular weight excluding hydrogens is 495 g/mol. The van der Waals surface area contributed by atoms with Crippen molar-refractivity contribution in [3.8, 4) is 12.1 Å². The molecule has 4 aromatic rings. The average Bonchev–Trinajstić information content (AvgIpc) is 3.32. The number of pyridine rings is 1. The number of nitrogens with zero attached hydrogens (tertiary/aromatic N) is 6. The first-order valence-corrected chi connectivity index (χ1v) is 11.9. The maximum absolute atomic E-state index is 9.74. The van der Waals surface area contributed by atoms with Gasteiger partial charge in [-0.2, -0.15) is 10.5 Å². The van der Waals surface area contributed by atoms with Crippen LogP contribution in [0, 0.1) is 28.1 Å². The lowest BCUT2D eigenvalue weighted by Gasteiger charge is -2.22. The largest absolute Gasteiger partial charge is 0.383 e. The summed E-state index contributed by atoms with van der Waals surface area (Å²) in [6.45, 7) is 6.87. The number of anilines is 2. The minimum Gasteiger partial charge on any atom is -0.383 e. The Morgan fingerprint density at radius 3 is 2.64 bits per heavy atom. The maximum Gasteiger partial charge on any atom is 0.129 e. The molecule has 2 aromatic carbocycles. The van der Waals surface area contributed by atoms with Gasteiger partial charge in [-0.15, -0.1) is 5.10 Å². The Kier molecular flexibility index (Phi) is 6.90. The quantitative estimate of drug-likeness (QED) is 0.299. The van der Waals surface area contributed by atoms with Crippen molar-refractivity contribution >= 4 is 45.5 Å². The molecule has 8 nitrogen and oxygen atoms in total. The Balaban J connectivity index is 1.88. The lowest BCUT2D eigenvalue weighted by molar-refractivity contribution is 0.443. The molecule has 2 N–H and O–H groups in total. The molecule has 0 spiro atoms. The third kappa shape index (κ3) is 5.52. The van der Waals surface area contributed by atoms with Gasteiger partial charge >= 0.3 is 0 Å². The number of nitriles is 2. The highest BCUT2D eigenvalue weighted by atomic mass is 35.5. The fourth-order valence-electron chi connectivity index (χ4n) is 3.60. The van der Waals surface area contributed by atoms with E-state index in [9.17, 15) is 6.63 Å². The molecule has 0 saturated carbocycles. The molecule has 10 heteroatoms. The molecular formula is C26H24Cl2N8. The van der Waals surface area contributed by atoms with Crippen LogP contribution in [0.4, 0.5) is 11.4 Å². The van der Waals surface area contributed by atoms with Crippen LogP contribution in [-0.4, -0.2) is 26.5 Å². The summed E-state index contributed by atoms with van der Waals surface area (Å²) in [5.74, 6) is 0. The Morgan fingerprint density at radius 2 is 1.94 bits per heavy atom. The first-order chi connectivity index (χ1) is 17.6. The standard InChI is InChI=1S/C26H24Cl2N8/c1-26(2,3)15-32-23-16(12-30)13-31-24-19(23)10-17(11-21(24)28)33-25(18-6-4-5-7-20(18)27)22-14-36(9-8-29)35-34-22/h4-7,10-11,13-14,25,33H,9,15H2,1-3H3,(H,31,32)/i25D. The van der Waals surface area contributed by atoms with E-state index in [2.05, 4.69) is 52.8 Å². The zero-order valence-corrected chi connectivity index (χ0v) is 21.5. The Hall–Kier alpha value is -3.85. The summed E-state index contributed by atoms with van der Waals surface area (Å²) in [7, 11) is 0. The van der Waals surface area contributed by atoms with Crippen molar-refractivity contribution < 1.29 is 1.37 Å². The van der Waals surface area contributed by atoms with Crippen LogP contribution < -0.4 is 10.6 Å². The van der Waals surface area contributed by atoms with E-state index in [1.807, 2.05) is 6.07 Å². The van der Waals surface area contributed by atoms with Crippen LogP contribution in [0.25, 0.3) is 10.9 Å². The van der Waals surface area contributed by atoms with Crippen LogP contribution in [0.3, 0.4) is 0 Å².